The quantitative estimate of drug-likeness (QED) is 0.634. The van der Waals surface area contributed by atoms with Gasteiger partial charge in [0, 0.05) is 12.3 Å². The van der Waals surface area contributed by atoms with Gasteiger partial charge in [-0.15, -0.1) is 4.65 Å². The molecule has 1 aliphatic rings. The van der Waals surface area contributed by atoms with Gasteiger partial charge in [0.1, 0.15) is 13.6 Å². The Hall–Kier alpha value is -0.980. The number of piperidine rings is 1. The molecule has 3 unspecified atom stereocenters. The predicted octanol–water partition coefficient (Wildman–Crippen LogP) is 2.48. The molecule has 6 heteroatoms. The highest BCUT2D eigenvalue weighted by Gasteiger charge is 2.46. The van der Waals surface area contributed by atoms with Crippen molar-refractivity contribution < 1.29 is 21.7 Å². The maximum absolute atomic E-state index is 14.3. The first-order valence-corrected chi connectivity index (χ1v) is 7.76. The molecule has 4 nitrogen and oxygen atoms in total. The van der Waals surface area contributed by atoms with E-state index in [1.165, 1.54) is 19.2 Å². The van der Waals surface area contributed by atoms with Gasteiger partial charge in [-0.1, -0.05) is 29.4 Å². The molecule has 0 spiro atoms. The fourth-order valence-corrected chi connectivity index (χ4v) is 3.64. The van der Waals surface area contributed by atoms with Gasteiger partial charge in [0.15, 0.2) is 0 Å². The molecule has 1 saturated heterocycles. The van der Waals surface area contributed by atoms with E-state index < -0.39 is 21.1 Å². The van der Waals surface area contributed by atoms with Crippen LogP contribution in [0.1, 0.15) is 19.8 Å². The number of hydrogen-bond donors (Lipinski definition) is 0. The summed E-state index contributed by atoms with van der Waals surface area (Å²) in [6, 6.07) is 7.84. The van der Waals surface area contributed by atoms with E-state index in [2.05, 4.69) is 0 Å². The minimum atomic E-state index is -3.94. The van der Waals surface area contributed by atoms with E-state index in [0.717, 1.165) is 12.8 Å². The Morgan fingerprint density at radius 2 is 1.95 bits per heavy atom. The van der Waals surface area contributed by atoms with Gasteiger partial charge in [0.25, 0.3) is 6.30 Å². The van der Waals surface area contributed by atoms with Gasteiger partial charge >= 0.3 is 10.1 Å². The van der Waals surface area contributed by atoms with Gasteiger partial charge in [-0.25, -0.2) is 0 Å². The van der Waals surface area contributed by atoms with Crippen LogP contribution in [0.15, 0.2) is 35.2 Å². The molecule has 0 aliphatic carbocycles. The molecule has 19 heavy (non-hydrogen) atoms. The third kappa shape index (κ3) is 2.96. The fraction of sp³-hybridized carbons (Fsp3) is 0.538. The Balaban J connectivity index is 2.25. The molecular formula is C13H19FNO3S+. The van der Waals surface area contributed by atoms with Crippen LogP contribution in [0, 0.1) is 5.92 Å². The van der Waals surface area contributed by atoms with Crippen LogP contribution in [-0.4, -0.2) is 33.0 Å². The molecule has 1 fully saturated rings. The van der Waals surface area contributed by atoms with E-state index in [0.29, 0.717) is 6.54 Å². The lowest BCUT2D eigenvalue weighted by Gasteiger charge is -2.38. The Bertz CT molecular complexity index is 534. The molecular weight excluding hydrogens is 269 g/mol. The first kappa shape index (κ1) is 14.4. The fourth-order valence-electron chi connectivity index (χ4n) is 2.46. The number of likely N-dealkylation sites (tertiary alicyclic amines) is 1. The van der Waals surface area contributed by atoms with Crippen molar-refractivity contribution in [1.82, 2.24) is 0 Å². The summed E-state index contributed by atoms with van der Waals surface area (Å²) in [4.78, 5) is 0.0553. The summed E-state index contributed by atoms with van der Waals surface area (Å²) in [5, 5.41) is 0. The van der Waals surface area contributed by atoms with Crippen molar-refractivity contribution in [2.24, 2.45) is 5.92 Å². The summed E-state index contributed by atoms with van der Waals surface area (Å²) in [6.07, 6.45) is 0.179. The molecule has 0 radical (unpaired) electrons. The van der Waals surface area contributed by atoms with Crippen LogP contribution in [0.5, 0.6) is 0 Å². The first-order valence-electron chi connectivity index (χ1n) is 6.36. The van der Waals surface area contributed by atoms with Crippen LogP contribution >= 0.6 is 0 Å². The highest BCUT2D eigenvalue weighted by molar-refractivity contribution is 7.86. The first-order chi connectivity index (χ1) is 8.85. The van der Waals surface area contributed by atoms with Crippen molar-refractivity contribution in [3.8, 4) is 0 Å². The normalized spacial score (nSPS) is 32.2. The van der Waals surface area contributed by atoms with Crippen LogP contribution in [-0.2, 0) is 14.4 Å². The lowest BCUT2D eigenvalue weighted by Crippen LogP contribution is -2.56. The van der Waals surface area contributed by atoms with Gasteiger partial charge in [0.2, 0.25) is 0 Å². The van der Waals surface area contributed by atoms with Crippen LogP contribution in [0.3, 0.4) is 0 Å². The Morgan fingerprint density at radius 1 is 1.32 bits per heavy atom. The molecule has 2 rings (SSSR count). The SMILES string of the molecule is CC1CCC[N+](C)(OS(=O)(=O)c2ccccc2)C1F. The molecule has 3 atom stereocenters. The van der Waals surface area contributed by atoms with E-state index in [-0.39, 0.29) is 10.8 Å². The van der Waals surface area contributed by atoms with Crippen LogP contribution in [0.4, 0.5) is 4.39 Å². The largest absolute Gasteiger partial charge is 0.342 e. The lowest BCUT2D eigenvalue weighted by molar-refractivity contribution is -1.10. The van der Waals surface area contributed by atoms with Gasteiger partial charge in [-0.3, -0.25) is 0 Å². The summed E-state index contributed by atoms with van der Waals surface area (Å²) in [5.41, 5.74) is 0. The Kier molecular flexibility index (Phi) is 3.94. The van der Waals surface area contributed by atoms with Crippen molar-refractivity contribution in [2.45, 2.75) is 31.0 Å². The van der Waals surface area contributed by atoms with E-state index in [1.54, 1.807) is 25.1 Å². The molecule has 0 N–H and O–H groups in total. The van der Waals surface area contributed by atoms with Crippen molar-refractivity contribution in [1.29, 1.82) is 0 Å². The molecule has 0 amide bonds. The molecule has 0 bridgehead atoms. The minimum absolute atomic E-state index is 0.0553. The van der Waals surface area contributed by atoms with Gasteiger partial charge in [0.05, 0.1) is 4.90 Å². The number of alkyl halides is 1. The zero-order valence-electron chi connectivity index (χ0n) is 11.1. The number of quaternary nitrogens is 1. The molecule has 0 aromatic heterocycles. The summed E-state index contributed by atoms with van der Waals surface area (Å²) in [5.74, 6) is -0.204. The second kappa shape index (κ2) is 5.19. The second-order valence-electron chi connectivity index (χ2n) is 5.23. The number of halogens is 1. The summed E-state index contributed by atoms with van der Waals surface area (Å²) in [7, 11) is -2.46. The molecule has 1 heterocycles. The molecule has 1 aromatic carbocycles. The van der Waals surface area contributed by atoms with Crippen LogP contribution in [0.2, 0.25) is 0 Å². The summed E-state index contributed by atoms with van der Waals surface area (Å²) >= 11 is 0. The van der Waals surface area contributed by atoms with Crippen molar-refractivity contribution >= 4 is 10.1 Å². The highest BCUT2D eigenvalue weighted by Crippen LogP contribution is 2.32. The van der Waals surface area contributed by atoms with Crippen molar-refractivity contribution in [2.75, 3.05) is 13.6 Å². The average Bonchev–Trinajstić information content (AvgIpc) is 2.36. The minimum Gasteiger partial charge on any atom is -0.189 e. The van der Waals surface area contributed by atoms with Crippen LogP contribution in [0.25, 0.3) is 0 Å². The standard InChI is InChI=1S/C13H19FNO3S/c1-11-7-6-10-15(2,13(11)14)18-19(16,17)12-8-4-3-5-9-12/h3-5,8-9,11,13H,6-7,10H2,1-2H3/q+1. The topological polar surface area (TPSA) is 43.4 Å². The third-order valence-electron chi connectivity index (χ3n) is 3.55. The molecule has 1 aromatic rings. The second-order valence-corrected chi connectivity index (χ2v) is 6.76. The van der Waals surface area contributed by atoms with E-state index in [4.69, 9.17) is 4.28 Å². The van der Waals surface area contributed by atoms with Gasteiger partial charge in [-0.2, -0.15) is 12.8 Å². The number of hydroxylamine groups is 3. The predicted molar refractivity (Wildman–Crippen MR) is 69.1 cm³/mol. The monoisotopic (exact) mass is 288 g/mol. The van der Waals surface area contributed by atoms with Gasteiger partial charge < -0.3 is 0 Å². The summed E-state index contributed by atoms with van der Waals surface area (Å²) in [6.45, 7) is 2.14. The zero-order chi connectivity index (χ0) is 14.1. The molecule has 0 saturated carbocycles. The highest BCUT2D eigenvalue weighted by atomic mass is 32.2. The maximum Gasteiger partial charge on any atom is 0.342 e. The van der Waals surface area contributed by atoms with Crippen molar-refractivity contribution in [3.05, 3.63) is 30.3 Å². The zero-order valence-corrected chi connectivity index (χ0v) is 11.9. The smallest absolute Gasteiger partial charge is 0.189 e. The number of benzene rings is 1. The third-order valence-corrected chi connectivity index (χ3v) is 4.94. The Morgan fingerprint density at radius 3 is 2.58 bits per heavy atom. The number of rotatable bonds is 3. The van der Waals surface area contributed by atoms with Gasteiger partial charge in [-0.05, 0) is 18.6 Å². The Labute approximate surface area is 113 Å². The van der Waals surface area contributed by atoms with Crippen LogP contribution < -0.4 is 0 Å². The number of hydrogen-bond acceptors (Lipinski definition) is 3. The average molecular weight is 288 g/mol. The van der Waals surface area contributed by atoms with E-state index in [9.17, 15) is 12.8 Å². The summed E-state index contributed by atoms with van der Waals surface area (Å²) < 4.78 is 43.2. The molecule has 106 valence electrons. The lowest BCUT2D eigenvalue weighted by atomic mass is 9.99. The van der Waals surface area contributed by atoms with Crippen molar-refractivity contribution in [3.63, 3.8) is 0 Å². The van der Waals surface area contributed by atoms with E-state index >= 15 is 0 Å². The maximum atomic E-state index is 14.3. The number of nitrogens with zero attached hydrogens (tertiary/aromatic N) is 1. The molecule has 1 aliphatic heterocycles. The van der Waals surface area contributed by atoms with E-state index in [1.807, 2.05) is 0 Å².